The lowest BCUT2D eigenvalue weighted by Gasteiger charge is -2.26. The first kappa shape index (κ1) is 24.9. The van der Waals surface area contributed by atoms with Crippen molar-refractivity contribution in [2.24, 2.45) is 11.8 Å². The number of nitrogens with one attached hydrogen (secondary N) is 1. The summed E-state index contributed by atoms with van der Waals surface area (Å²) in [6.07, 6.45) is 4.72. The van der Waals surface area contributed by atoms with Crippen molar-refractivity contribution < 1.29 is 14.4 Å². The maximum Gasteiger partial charge on any atom is 0.224 e. The summed E-state index contributed by atoms with van der Waals surface area (Å²) in [5.74, 6) is -0.417. The molecule has 0 unspecified atom stereocenters. The van der Waals surface area contributed by atoms with Crippen molar-refractivity contribution in [2.75, 3.05) is 0 Å². The molecule has 0 aliphatic heterocycles. The largest absolute Gasteiger partial charge is 0.353 e. The summed E-state index contributed by atoms with van der Waals surface area (Å²) in [4.78, 5) is 41.4. The summed E-state index contributed by atoms with van der Waals surface area (Å²) in [6.45, 7) is 11.3. The SMILES string of the molecule is C=CC(=O)CC[C@@H](NC(=O)[C@@H](CC(C)=O)Cc1nc2ccc(CC)cc2s1)[C@@H](C)CC. The molecule has 1 aromatic carbocycles. The van der Waals surface area contributed by atoms with Crippen LogP contribution in [0, 0.1) is 11.8 Å². The maximum atomic E-state index is 13.2. The van der Waals surface area contributed by atoms with Crippen LogP contribution in [-0.2, 0) is 27.2 Å². The Labute approximate surface area is 189 Å². The predicted octanol–water partition coefficient (Wildman–Crippen LogP) is 5.06. The molecule has 1 N–H and O–H groups in total. The number of nitrogens with zero attached hydrogens (tertiary/aromatic N) is 1. The third-order valence-corrected chi connectivity index (χ3v) is 6.86. The Hall–Kier alpha value is -2.34. The van der Waals surface area contributed by atoms with E-state index in [0.29, 0.717) is 19.3 Å². The zero-order valence-corrected chi connectivity index (χ0v) is 19.9. The minimum Gasteiger partial charge on any atom is -0.353 e. The van der Waals surface area contributed by atoms with Gasteiger partial charge in [-0.2, -0.15) is 0 Å². The summed E-state index contributed by atoms with van der Waals surface area (Å²) in [5.41, 5.74) is 2.19. The normalized spacial score (nSPS) is 14.1. The van der Waals surface area contributed by atoms with Gasteiger partial charge in [0.15, 0.2) is 5.78 Å². The molecular weight excluding hydrogens is 408 g/mol. The van der Waals surface area contributed by atoms with E-state index in [9.17, 15) is 14.4 Å². The van der Waals surface area contributed by atoms with Gasteiger partial charge in [-0.05, 0) is 49.5 Å². The number of rotatable bonds is 13. The highest BCUT2D eigenvalue weighted by Gasteiger charge is 2.26. The number of Topliss-reactive ketones (excluding diaryl/α,β-unsaturated/α-hetero) is 1. The minimum atomic E-state index is -0.467. The van der Waals surface area contributed by atoms with E-state index < -0.39 is 5.92 Å². The van der Waals surface area contributed by atoms with Crippen molar-refractivity contribution in [1.82, 2.24) is 10.3 Å². The van der Waals surface area contributed by atoms with Gasteiger partial charge in [0.2, 0.25) is 5.91 Å². The fourth-order valence-corrected chi connectivity index (χ4v) is 4.73. The van der Waals surface area contributed by atoms with Crippen LogP contribution >= 0.6 is 11.3 Å². The number of thiazole rings is 1. The van der Waals surface area contributed by atoms with E-state index in [1.165, 1.54) is 18.6 Å². The molecule has 1 amide bonds. The zero-order valence-electron chi connectivity index (χ0n) is 19.1. The van der Waals surface area contributed by atoms with Gasteiger partial charge in [0.25, 0.3) is 0 Å². The highest BCUT2D eigenvalue weighted by molar-refractivity contribution is 7.18. The van der Waals surface area contributed by atoms with Crippen LogP contribution in [0.4, 0.5) is 0 Å². The second kappa shape index (κ2) is 11.9. The first-order valence-electron chi connectivity index (χ1n) is 11.1. The maximum absolute atomic E-state index is 13.2. The molecule has 1 heterocycles. The summed E-state index contributed by atoms with van der Waals surface area (Å²) < 4.78 is 1.11. The number of allylic oxidation sites excluding steroid dienone is 1. The van der Waals surface area contributed by atoms with Gasteiger partial charge in [-0.3, -0.25) is 9.59 Å². The van der Waals surface area contributed by atoms with Gasteiger partial charge in [-0.15, -0.1) is 11.3 Å². The van der Waals surface area contributed by atoms with E-state index in [0.717, 1.165) is 28.1 Å². The molecule has 0 spiro atoms. The van der Waals surface area contributed by atoms with Crippen molar-refractivity contribution in [2.45, 2.75) is 72.3 Å². The molecule has 2 aromatic rings. The van der Waals surface area contributed by atoms with Crippen LogP contribution in [0.3, 0.4) is 0 Å². The molecule has 0 radical (unpaired) electrons. The number of fused-ring (bicyclic) bond motifs is 1. The highest BCUT2D eigenvalue weighted by Crippen LogP contribution is 2.26. The van der Waals surface area contributed by atoms with Crippen molar-refractivity contribution >= 4 is 39.0 Å². The Morgan fingerprint density at radius 3 is 2.61 bits per heavy atom. The lowest BCUT2D eigenvalue weighted by atomic mass is 9.92. The van der Waals surface area contributed by atoms with Crippen LogP contribution in [-0.4, -0.2) is 28.5 Å². The Morgan fingerprint density at radius 2 is 2.00 bits per heavy atom. The van der Waals surface area contributed by atoms with Crippen molar-refractivity contribution in [1.29, 1.82) is 0 Å². The van der Waals surface area contributed by atoms with Gasteiger partial charge in [-0.1, -0.05) is 39.8 Å². The number of aryl methyl sites for hydroxylation is 1. The summed E-state index contributed by atoms with van der Waals surface area (Å²) >= 11 is 1.59. The Bertz CT molecular complexity index is 934. The lowest BCUT2D eigenvalue weighted by molar-refractivity contribution is -0.129. The number of amides is 1. The number of ketones is 2. The van der Waals surface area contributed by atoms with Gasteiger partial charge >= 0.3 is 0 Å². The average molecular weight is 443 g/mol. The average Bonchev–Trinajstić information content (AvgIpc) is 3.16. The smallest absolute Gasteiger partial charge is 0.224 e. The van der Waals surface area contributed by atoms with Gasteiger partial charge in [-0.25, -0.2) is 4.98 Å². The van der Waals surface area contributed by atoms with Crippen molar-refractivity contribution in [3.05, 3.63) is 41.4 Å². The van der Waals surface area contributed by atoms with E-state index in [1.807, 2.05) is 6.07 Å². The lowest BCUT2D eigenvalue weighted by Crippen LogP contribution is -2.43. The number of benzene rings is 1. The standard InChI is InChI=1S/C25H34N2O3S/c1-6-16(4)21(12-10-20(29)8-3)27-25(30)19(13-17(5)28)15-24-26-22-11-9-18(7-2)14-23(22)31-24/h8-9,11,14,16,19,21H,3,6-7,10,12-13,15H2,1-2,4-5H3,(H,27,30)/t16-,19-,21+/m0/s1. The molecule has 3 atom stereocenters. The molecule has 2 rings (SSSR count). The second-order valence-corrected chi connectivity index (χ2v) is 9.40. The molecule has 5 nitrogen and oxygen atoms in total. The van der Waals surface area contributed by atoms with Crippen LogP contribution in [0.1, 0.15) is 63.9 Å². The quantitative estimate of drug-likeness (QED) is 0.440. The number of hydrogen-bond acceptors (Lipinski definition) is 5. The first-order valence-corrected chi connectivity index (χ1v) is 11.9. The fraction of sp³-hybridized carbons (Fsp3) is 0.520. The van der Waals surface area contributed by atoms with Crippen LogP contribution < -0.4 is 5.32 Å². The molecule has 31 heavy (non-hydrogen) atoms. The Kier molecular flexibility index (Phi) is 9.56. The van der Waals surface area contributed by atoms with Crippen LogP contribution in [0.25, 0.3) is 10.2 Å². The molecule has 0 aliphatic carbocycles. The first-order chi connectivity index (χ1) is 14.8. The molecule has 0 saturated carbocycles. The molecule has 6 heteroatoms. The third-order valence-electron chi connectivity index (χ3n) is 5.82. The van der Waals surface area contributed by atoms with E-state index in [1.54, 1.807) is 11.3 Å². The zero-order chi connectivity index (χ0) is 23.0. The van der Waals surface area contributed by atoms with E-state index in [-0.39, 0.29) is 35.9 Å². The molecule has 1 aromatic heterocycles. The number of carbonyl (C=O) groups excluding carboxylic acids is 3. The second-order valence-electron chi connectivity index (χ2n) is 8.28. The summed E-state index contributed by atoms with van der Waals surface area (Å²) in [5, 5.41) is 3.99. The Balaban J connectivity index is 2.17. The number of carbonyl (C=O) groups is 3. The van der Waals surface area contributed by atoms with Crippen molar-refractivity contribution in [3.8, 4) is 0 Å². The summed E-state index contributed by atoms with van der Waals surface area (Å²) in [6, 6.07) is 6.13. The number of hydrogen-bond donors (Lipinski definition) is 1. The fourth-order valence-electron chi connectivity index (χ4n) is 3.62. The van der Waals surface area contributed by atoms with Gasteiger partial charge in [0.05, 0.1) is 21.1 Å². The number of aromatic nitrogens is 1. The van der Waals surface area contributed by atoms with Crippen LogP contribution in [0.15, 0.2) is 30.9 Å². The molecule has 0 fully saturated rings. The van der Waals surface area contributed by atoms with E-state index >= 15 is 0 Å². The van der Waals surface area contributed by atoms with Gasteiger partial charge in [0, 0.05) is 25.3 Å². The Morgan fingerprint density at radius 1 is 1.26 bits per heavy atom. The monoisotopic (exact) mass is 442 g/mol. The van der Waals surface area contributed by atoms with Crippen molar-refractivity contribution in [3.63, 3.8) is 0 Å². The van der Waals surface area contributed by atoms with Gasteiger partial charge in [0.1, 0.15) is 5.78 Å². The molecule has 0 saturated heterocycles. The topological polar surface area (TPSA) is 76.1 Å². The van der Waals surface area contributed by atoms with Crippen LogP contribution in [0.2, 0.25) is 0 Å². The molecule has 0 aliphatic rings. The van der Waals surface area contributed by atoms with Crippen LogP contribution in [0.5, 0.6) is 0 Å². The summed E-state index contributed by atoms with van der Waals surface area (Å²) in [7, 11) is 0. The highest BCUT2D eigenvalue weighted by atomic mass is 32.1. The predicted molar refractivity (Wildman–Crippen MR) is 127 cm³/mol. The van der Waals surface area contributed by atoms with Gasteiger partial charge < -0.3 is 10.1 Å². The molecule has 168 valence electrons. The van der Waals surface area contributed by atoms with E-state index in [4.69, 9.17) is 4.98 Å². The minimum absolute atomic E-state index is 0.0172. The van der Waals surface area contributed by atoms with E-state index in [2.05, 4.69) is 44.8 Å². The third kappa shape index (κ3) is 7.39. The molecular formula is C25H34N2O3S. The molecule has 0 bridgehead atoms.